The van der Waals surface area contributed by atoms with Gasteiger partial charge in [-0.25, -0.2) is 9.37 Å². The topological polar surface area (TPSA) is 78.7 Å². The third-order valence-corrected chi connectivity index (χ3v) is 6.04. The monoisotopic (exact) mass is 366 g/mol. The number of carboxylic acids is 1. The first-order valence-electron chi connectivity index (χ1n) is 8.92. The quantitative estimate of drug-likeness (QED) is 0.768. The van der Waals surface area contributed by atoms with E-state index in [2.05, 4.69) is 4.98 Å². The van der Waals surface area contributed by atoms with Crippen molar-refractivity contribution in [3.8, 4) is 0 Å². The fraction of sp³-hybridized carbons (Fsp3) is 0.722. The molecule has 1 aromatic rings. The number of aromatic nitrogens is 2. The normalized spacial score (nSPS) is 30.3. The molecule has 3 atom stereocenters. The number of likely N-dealkylation sites (N-methyl/N-ethyl adjacent to an activating group) is 1. The maximum atomic E-state index is 14.0. The summed E-state index contributed by atoms with van der Waals surface area (Å²) in [4.78, 5) is 32.3. The molecule has 1 saturated heterocycles. The number of aliphatic carboxylic acids is 1. The molecule has 7 nitrogen and oxygen atoms in total. The number of imidazole rings is 1. The summed E-state index contributed by atoms with van der Waals surface area (Å²) in [6.07, 6.45) is 3.27. The van der Waals surface area contributed by atoms with Crippen LogP contribution in [0.1, 0.15) is 32.5 Å². The fourth-order valence-corrected chi connectivity index (χ4v) is 4.20. The maximum absolute atomic E-state index is 14.0. The molecule has 1 aliphatic heterocycles. The third-order valence-electron chi connectivity index (χ3n) is 6.04. The molecule has 1 amide bonds. The lowest BCUT2D eigenvalue weighted by atomic mass is 9.94. The second-order valence-electron chi connectivity index (χ2n) is 8.33. The molecule has 2 fully saturated rings. The van der Waals surface area contributed by atoms with Crippen LogP contribution in [0.25, 0.3) is 0 Å². The number of carbonyl (C=O) groups excluding carboxylic acids is 1. The molecule has 1 N–H and O–H groups in total. The van der Waals surface area contributed by atoms with Gasteiger partial charge >= 0.3 is 5.97 Å². The predicted octanol–water partition coefficient (Wildman–Crippen LogP) is 1.29. The van der Waals surface area contributed by atoms with E-state index in [-0.39, 0.29) is 11.9 Å². The van der Waals surface area contributed by atoms with Gasteiger partial charge in [0.1, 0.15) is 12.0 Å². The molecule has 26 heavy (non-hydrogen) atoms. The van der Waals surface area contributed by atoms with Crippen molar-refractivity contribution in [3.63, 3.8) is 0 Å². The molecule has 0 aromatic carbocycles. The fourth-order valence-electron chi connectivity index (χ4n) is 4.20. The summed E-state index contributed by atoms with van der Waals surface area (Å²) >= 11 is 0. The van der Waals surface area contributed by atoms with Gasteiger partial charge in [0.05, 0.1) is 6.54 Å². The van der Waals surface area contributed by atoms with E-state index in [1.54, 1.807) is 27.1 Å². The van der Waals surface area contributed by atoms with E-state index in [0.717, 1.165) is 5.82 Å². The molecule has 3 rings (SSSR count). The summed E-state index contributed by atoms with van der Waals surface area (Å²) in [7, 11) is 3.51. The Bertz CT molecular complexity index is 719. The van der Waals surface area contributed by atoms with E-state index in [0.29, 0.717) is 32.5 Å². The van der Waals surface area contributed by atoms with Crippen molar-refractivity contribution >= 4 is 11.9 Å². The lowest BCUT2D eigenvalue weighted by Crippen LogP contribution is -2.46. The van der Waals surface area contributed by atoms with E-state index in [4.69, 9.17) is 0 Å². The van der Waals surface area contributed by atoms with E-state index >= 15 is 0 Å². The van der Waals surface area contributed by atoms with Gasteiger partial charge in [0, 0.05) is 45.6 Å². The zero-order valence-corrected chi connectivity index (χ0v) is 15.8. The number of nitrogens with zero attached hydrogens (tertiary/aromatic N) is 4. The van der Waals surface area contributed by atoms with Crippen molar-refractivity contribution in [1.82, 2.24) is 19.4 Å². The molecule has 1 unspecified atom stereocenters. The second kappa shape index (κ2) is 6.33. The van der Waals surface area contributed by atoms with E-state index in [1.165, 1.54) is 4.90 Å². The predicted molar refractivity (Wildman–Crippen MR) is 93.0 cm³/mol. The van der Waals surface area contributed by atoms with Crippen LogP contribution >= 0.6 is 0 Å². The van der Waals surface area contributed by atoms with E-state index in [9.17, 15) is 19.1 Å². The number of alkyl halides is 1. The Balaban J connectivity index is 1.69. The SMILES string of the molecule is CN(C[C@@H]1C[C@H](F)CN1Cc1nccn1C)C(=O)C1(C(=O)O)CC1(C)C. The Morgan fingerprint density at radius 2 is 2.12 bits per heavy atom. The number of hydrogen-bond acceptors (Lipinski definition) is 4. The minimum Gasteiger partial charge on any atom is -0.480 e. The van der Waals surface area contributed by atoms with Crippen LogP contribution < -0.4 is 0 Å². The van der Waals surface area contributed by atoms with Gasteiger partial charge in [-0.2, -0.15) is 0 Å². The van der Waals surface area contributed by atoms with Crippen LogP contribution in [0.2, 0.25) is 0 Å². The van der Waals surface area contributed by atoms with Crippen LogP contribution in [-0.4, -0.2) is 68.7 Å². The Labute approximate surface area is 152 Å². The molecule has 0 radical (unpaired) electrons. The molecular formula is C18H27FN4O3. The van der Waals surface area contributed by atoms with E-state index in [1.807, 2.05) is 22.7 Å². The molecule has 1 saturated carbocycles. The van der Waals surface area contributed by atoms with Crippen LogP contribution in [0.15, 0.2) is 12.4 Å². The van der Waals surface area contributed by atoms with Gasteiger partial charge in [0.25, 0.3) is 0 Å². The van der Waals surface area contributed by atoms with Crippen molar-refractivity contribution in [2.75, 3.05) is 20.1 Å². The molecule has 144 valence electrons. The minimum absolute atomic E-state index is 0.150. The summed E-state index contributed by atoms with van der Waals surface area (Å²) in [5.41, 5.74) is -1.89. The number of amides is 1. The van der Waals surface area contributed by atoms with Crippen molar-refractivity contribution in [1.29, 1.82) is 0 Å². The number of likely N-dealkylation sites (tertiary alicyclic amines) is 1. The first-order valence-corrected chi connectivity index (χ1v) is 8.92. The van der Waals surface area contributed by atoms with Crippen LogP contribution in [0, 0.1) is 10.8 Å². The van der Waals surface area contributed by atoms with Gasteiger partial charge in [-0.1, -0.05) is 13.8 Å². The van der Waals surface area contributed by atoms with Gasteiger partial charge in [0.15, 0.2) is 5.41 Å². The molecule has 2 heterocycles. The van der Waals surface area contributed by atoms with Crippen LogP contribution in [0.3, 0.4) is 0 Å². The van der Waals surface area contributed by atoms with Crippen LogP contribution in [-0.2, 0) is 23.2 Å². The number of hydrogen-bond donors (Lipinski definition) is 1. The highest BCUT2D eigenvalue weighted by atomic mass is 19.1. The first kappa shape index (κ1) is 18.8. The highest BCUT2D eigenvalue weighted by Gasteiger charge is 2.72. The summed E-state index contributed by atoms with van der Waals surface area (Å²) < 4.78 is 15.9. The smallest absolute Gasteiger partial charge is 0.319 e. The van der Waals surface area contributed by atoms with Crippen LogP contribution in [0.4, 0.5) is 4.39 Å². The van der Waals surface area contributed by atoms with Crippen molar-refractivity contribution in [2.24, 2.45) is 17.9 Å². The van der Waals surface area contributed by atoms with Gasteiger partial charge in [0.2, 0.25) is 5.91 Å². The Kier molecular flexibility index (Phi) is 4.58. The number of halogens is 1. The first-order chi connectivity index (χ1) is 12.1. The average Bonchev–Trinajstić information content (AvgIpc) is 2.80. The van der Waals surface area contributed by atoms with E-state index < -0.39 is 23.0 Å². The molecular weight excluding hydrogens is 339 g/mol. The molecule has 0 spiro atoms. The zero-order chi connectivity index (χ0) is 19.3. The van der Waals surface area contributed by atoms with Crippen molar-refractivity contribution < 1.29 is 19.1 Å². The Morgan fingerprint density at radius 3 is 2.62 bits per heavy atom. The molecule has 1 aromatic heterocycles. The Hall–Kier alpha value is -1.96. The highest BCUT2D eigenvalue weighted by molar-refractivity contribution is 6.06. The number of rotatable bonds is 6. The lowest BCUT2D eigenvalue weighted by Gasteiger charge is -2.30. The molecule has 8 heteroatoms. The average molecular weight is 366 g/mol. The van der Waals surface area contributed by atoms with Crippen molar-refractivity contribution in [2.45, 2.75) is 45.4 Å². The summed E-state index contributed by atoms with van der Waals surface area (Å²) in [5, 5.41) is 9.59. The third kappa shape index (κ3) is 3.00. The highest BCUT2D eigenvalue weighted by Crippen LogP contribution is 2.64. The largest absolute Gasteiger partial charge is 0.480 e. The number of aryl methyl sites for hydroxylation is 1. The minimum atomic E-state index is -1.35. The summed E-state index contributed by atoms with van der Waals surface area (Å²) in [6.45, 7) is 4.72. The van der Waals surface area contributed by atoms with Crippen LogP contribution in [0.5, 0.6) is 0 Å². The Morgan fingerprint density at radius 1 is 1.46 bits per heavy atom. The van der Waals surface area contributed by atoms with Gasteiger partial charge in [-0.3, -0.25) is 14.5 Å². The molecule has 2 aliphatic rings. The maximum Gasteiger partial charge on any atom is 0.319 e. The number of carboxylic acid groups (broad SMARTS) is 1. The second-order valence-corrected chi connectivity index (χ2v) is 8.33. The van der Waals surface area contributed by atoms with Crippen molar-refractivity contribution in [3.05, 3.63) is 18.2 Å². The number of carbonyl (C=O) groups is 2. The summed E-state index contributed by atoms with van der Waals surface area (Å²) in [5.74, 6) is -0.614. The van der Waals surface area contributed by atoms with Gasteiger partial charge in [-0.05, 0) is 18.3 Å². The lowest BCUT2D eigenvalue weighted by molar-refractivity contribution is -0.155. The molecule has 1 aliphatic carbocycles. The molecule has 0 bridgehead atoms. The zero-order valence-electron chi connectivity index (χ0n) is 15.8. The van der Waals surface area contributed by atoms with Gasteiger partial charge in [-0.15, -0.1) is 0 Å². The van der Waals surface area contributed by atoms with Gasteiger partial charge < -0.3 is 14.6 Å². The summed E-state index contributed by atoms with van der Waals surface area (Å²) in [6, 6.07) is -0.150. The standard InChI is InChI=1S/C18H27FN4O3/c1-17(2)11-18(17,16(25)26)15(24)22(4)9-13-7-12(19)8-23(13)10-14-20-5-6-21(14)3/h5-6,12-13H,7-11H2,1-4H3,(H,25,26)/t12-,13-,18?/m0/s1.